The minimum absolute atomic E-state index is 0.172. The van der Waals surface area contributed by atoms with Gasteiger partial charge in [0, 0.05) is 12.8 Å². The number of hydrogen-bond donors (Lipinski definition) is 0. The normalized spacial score (nSPS) is 13.6. The second-order valence-corrected chi connectivity index (χ2v) is 7.02. The number of aromatic nitrogens is 2. The smallest absolute Gasteiger partial charge is 0.305 e. The van der Waals surface area contributed by atoms with Gasteiger partial charge in [-0.3, -0.25) is 4.79 Å². The first-order valence-corrected chi connectivity index (χ1v) is 9.05. The number of nitrogens with zero attached hydrogens (tertiary/aromatic N) is 3. The fourth-order valence-electron chi connectivity index (χ4n) is 3.36. The molecule has 1 aliphatic rings. The third-order valence-electron chi connectivity index (χ3n) is 4.69. The molecule has 0 radical (unpaired) electrons. The summed E-state index contributed by atoms with van der Waals surface area (Å²) < 4.78 is 6.17. The molecule has 25 heavy (non-hydrogen) atoms. The number of rotatable bonds is 8. The van der Waals surface area contributed by atoms with Gasteiger partial charge in [-0.05, 0) is 76.0 Å². The lowest BCUT2D eigenvalue weighted by Gasteiger charge is -2.13. The van der Waals surface area contributed by atoms with E-state index in [0.717, 1.165) is 42.5 Å². The van der Waals surface area contributed by atoms with Gasteiger partial charge in [0.2, 0.25) is 0 Å². The van der Waals surface area contributed by atoms with Crippen LogP contribution < -0.4 is 0 Å². The Bertz CT molecular complexity index is 752. The average Bonchev–Trinajstić information content (AvgIpc) is 3.14. The predicted octanol–water partition coefficient (Wildman–Crippen LogP) is 2.69. The monoisotopic (exact) mass is 344 g/mol. The van der Waals surface area contributed by atoms with E-state index in [0.29, 0.717) is 37.2 Å². The number of benzene rings is 1. The van der Waals surface area contributed by atoms with E-state index < -0.39 is 0 Å². The lowest BCUT2D eigenvalue weighted by atomic mass is 10.1. The van der Waals surface area contributed by atoms with Gasteiger partial charge in [-0.1, -0.05) is 0 Å². The van der Waals surface area contributed by atoms with Gasteiger partial charge in [0.05, 0.1) is 17.6 Å². The molecule has 0 unspecified atom stereocenters. The SMILES string of the molecule is CN(C)CCCC(=O)OCCCc1nc2cc3c(cc2n1[O-])CCC3. The van der Waals surface area contributed by atoms with E-state index in [1.165, 1.54) is 11.1 Å². The van der Waals surface area contributed by atoms with Gasteiger partial charge >= 0.3 is 5.97 Å². The topological polar surface area (TPSA) is 70.4 Å². The summed E-state index contributed by atoms with van der Waals surface area (Å²) in [7, 11) is 3.96. The summed E-state index contributed by atoms with van der Waals surface area (Å²) in [6.07, 6.45) is 5.66. The van der Waals surface area contributed by atoms with E-state index in [1.807, 2.05) is 25.1 Å². The highest BCUT2D eigenvalue weighted by molar-refractivity contribution is 5.79. The van der Waals surface area contributed by atoms with Crippen molar-refractivity contribution in [1.82, 2.24) is 14.6 Å². The molecule has 0 amide bonds. The van der Waals surface area contributed by atoms with Crippen LogP contribution in [0.1, 0.15) is 42.6 Å². The Labute approximate surface area is 148 Å². The first-order valence-electron chi connectivity index (χ1n) is 9.05. The zero-order chi connectivity index (χ0) is 17.8. The molecule has 0 atom stereocenters. The van der Waals surface area contributed by atoms with Crippen LogP contribution in [0, 0.1) is 5.21 Å². The molecule has 0 aliphatic heterocycles. The van der Waals surface area contributed by atoms with Crippen LogP contribution in [0.25, 0.3) is 11.0 Å². The summed E-state index contributed by atoms with van der Waals surface area (Å²) in [6.45, 7) is 1.21. The highest BCUT2D eigenvalue weighted by atomic mass is 16.5. The molecule has 1 heterocycles. The van der Waals surface area contributed by atoms with Crippen LogP contribution >= 0.6 is 0 Å². The zero-order valence-electron chi connectivity index (χ0n) is 15.1. The van der Waals surface area contributed by atoms with Gasteiger partial charge in [-0.25, -0.2) is 4.98 Å². The van der Waals surface area contributed by atoms with Crippen molar-refractivity contribution in [3.05, 3.63) is 34.3 Å². The molecule has 3 rings (SSSR count). The van der Waals surface area contributed by atoms with Gasteiger partial charge in [0.25, 0.3) is 0 Å². The lowest BCUT2D eigenvalue weighted by molar-refractivity contribution is -0.143. The molecule has 0 saturated heterocycles. The number of ether oxygens (including phenoxy) is 1. The molecule has 0 spiro atoms. The van der Waals surface area contributed by atoms with Crippen LogP contribution in [-0.4, -0.2) is 47.8 Å². The number of hydrogen-bond acceptors (Lipinski definition) is 5. The first kappa shape index (κ1) is 17.7. The molecule has 2 aromatic rings. The van der Waals surface area contributed by atoms with Crippen molar-refractivity contribution >= 4 is 17.0 Å². The summed E-state index contributed by atoms with van der Waals surface area (Å²) in [5.41, 5.74) is 4.05. The third kappa shape index (κ3) is 4.31. The maximum atomic E-state index is 12.4. The first-order chi connectivity index (χ1) is 12.0. The minimum atomic E-state index is -0.172. The molecular formula is C19H26N3O3-. The Kier molecular flexibility index (Phi) is 5.58. The number of fused-ring (bicyclic) bond motifs is 2. The summed E-state index contributed by atoms with van der Waals surface area (Å²) in [5, 5.41) is 12.4. The fourth-order valence-corrected chi connectivity index (χ4v) is 3.36. The van der Waals surface area contributed by atoms with Gasteiger partial charge in [0.1, 0.15) is 5.82 Å². The van der Waals surface area contributed by atoms with Gasteiger partial charge in [-0.2, -0.15) is 0 Å². The van der Waals surface area contributed by atoms with Crippen LogP contribution in [0.5, 0.6) is 0 Å². The van der Waals surface area contributed by atoms with Crippen LogP contribution in [0.2, 0.25) is 0 Å². The lowest BCUT2D eigenvalue weighted by Crippen LogP contribution is -2.15. The molecule has 1 aromatic heterocycles. The fraction of sp³-hybridized carbons (Fsp3) is 0.579. The zero-order valence-corrected chi connectivity index (χ0v) is 15.1. The average molecular weight is 344 g/mol. The van der Waals surface area contributed by atoms with Crippen LogP contribution in [0.3, 0.4) is 0 Å². The molecule has 0 N–H and O–H groups in total. The molecule has 6 heteroatoms. The number of imidazole rings is 1. The molecule has 0 bridgehead atoms. The van der Waals surface area contributed by atoms with Crippen LogP contribution in [0.15, 0.2) is 12.1 Å². The predicted molar refractivity (Wildman–Crippen MR) is 97.6 cm³/mol. The minimum Gasteiger partial charge on any atom is -0.804 e. The van der Waals surface area contributed by atoms with Gasteiger partial charge < -0.3 is 19.6 Å². The number of carbonyl (C=O) groups excluding carboxylic acids is 1. The molecule has 6 nitrogen and oxygen atoms in total. The molecule has 0 saturated carbocycles. The van der Waals surface area contributed by atoms with E-state index in [2.05, 4.69) is 11.1 Å². The number of carbonyl (C=O) groups is 1. The van der Waals surface area contributed by atoms with Crippen LogP contribution in [-0.2, 0) is 28.8 Å². The highest BCUT2D eigenvalue weighted by Crippen LogP contribution is 2.27. The standard InChI is InChI=1S/C19H26N3O3/c1-21(2)10-4-9-19(23)25-11-5-8-18-20-16-12-14-6-3-7-15(14)13-17(16)22(18)24/h12-13H,3-11H2,1-2H3/q-1. The van der Waals surface area contributed by atoms with Crippen molar-refractivity contribution in [3.63, 3.8) is 0 Å². The summed E-state index contributed by atoms with van der Waals surface area (Å²) in [4.78, 5) is 18.2. The molecule has 1 aliphatic carbocycles. The van der Waals surface area contributed by atoms with Crippen molar-refractivity contribution < 1.29 is 9.53 Å². The van der Waals surface area contributed by atoms with E-state index in [9.17, 15) is 10.0 Å². The van der Waals surface area contributed by atoms with E-state index >= 15 is 0 Å². The highest BCUT2D eigenvalue weighted by Gasteiger charge is 2.14. The second-order valence-electron chi connectivity index (χ2n) is 7.02. The molecule has 0 fully saturated rings. The largest absolute Gasteiger partial charge is 0.804 e. The van der Waals surface area contributed by atoms with E-state index in [1.54, 1.807) is 0 Å². The van der Waals surface area contributed by atoms with Crippen molar-refractivity contribution in [2.24, 2.45) is 0 Å². The maximum absolute atomic E-state index is 12.4. The Morgan fingerprint density at radius 3 is 2.80 bits per heavy atom. The third-order valence-corrected chi connectivity index (χ3v) is 4.69. The van der Waals surface area contributed by atoms with Crippen molar-refractivity contribution in [3.8, 4) is 0 Å². The quantitative estimate of drug-likeness (QED) is 0.544. The van der Waals surface area contributed by atoms with Gasteiger partial charge in [0.15, 0.2) is 0 Å². The molecular weight excluding hydrogens is 318 g/mol. The number of esters is 1. The maximum Gasteiger partial charge on any atom is 0.305 e. The number of aryl methyl sites for hydroxylation is 3. The van der Waals surface area contributed by atoms with E-state index in [-0.39, 0.29) is 5.97 Å². The molecule has 1 aromatic carbocycles. The summed E-state index contributed by atoms with van der Waals surface area (Å²) in [6, 6.07) is 4.05. The second kappa shape index (κ2) is 7.87. The Hall–Kier alpha value is -2.08. The van der Waals surface area contributed by atoms with Crippen LogP contribution in [0.4, 0.5) is 0 Å². The molecule has 136 valence electrons. The summed E-state index contributed by atoms with van der Waals surface area (Å²) >= 11 is 0. The Balaban J connectivity index is 1.49. The Morgan fingerprint density at radius 2 is 2.04 bits per heavy atom. The van der Waals surface area contributed by atoms with E-state index in [4.69, 9.17) is 4.74 Å². The van der Waals surface area contributed by atoms with Gasteiger partial charge in [-0.15, -0.1) is 0 Å². The van der Waals surface area contributed by atoms with Crippen molar-refractivity contribution in [1.29, 1.82) is 0 Å². The van der Waals surface area contributed by atoms with Crippen molar-refractivity contribution in [2.75, 3.05) is 27.2 Å². The van der Waals surface area contributed by atoms with Crippen molar-refractivity contribution in [2.45, 2.75) is 44.9 Å². The Morgan fingerprint density at radius 1 is 1.28 bits per heavy atom. The summed E-state index contributed by atoms with van der Waals surface area (Å²) in [5.74, 6) is 0.344.